The van der Waals surface area contributed by atoms with Gasteiger partial charge in [0.1, 0.15) is 18.5 Å². The zero-order chi connectivity index (χ0) is 7.28. The van der Waals surface area contributed by atoms with Gasteiger partial charge in [0.15, 0.2) is 0 Å². The van der Waals surface area contributed by atoms with Crippen molar-refractivity contribution in [3.05, 3.63) is 0 Å². The largest absolute Gasteiger partial charge is 0.411 e. The molecule has 0 aromatic heterocycles. The van der Waals surface area contributed by atoms with Crippen LogP contribution in [0.25, 0.3) is 0 Å². The van der Waals surface area contributed by atoms with E-state index >= 15 is 0 Å². The third kappa shape index (κ3) is 2.69. The molecule has 0 radical (unpaired) electrons. The van der Waals surface area contributed by atoms with E-state index in [1.807, 2.05) is 0 Å². The molecule has 0 amide bonds. The Labute approximate surface area is 53.8 Å². The van der Waals surface area contributed by atoms with Crippen LogP contribution in [0.4, 0.5) is 0 Å². The minimum atomic E-state index is 0.455. The molecular formula is C5H10N2O2. The van der Waals surface area contributed by atoms with Gasteiger partial charge >= 0.3 is 0 Å². The van der Waals surface area contributed by atoms with Crippen LogP contribution in [0.2, 0.25) is 0 Å². The van der Waals surface area contributed by atoms with Crippen LogP contribution in [0.15, 0.2) is 10.3 Å². The van der Waals surface area contributed by atoms with Crippen molar-refractivity contribution in [3.8, 4) is 0 Å². The minimum absolute atomic E-state index is 0.455. The van der Waals surface area contributed by atoms with Crippen LogP contribution in [-0.2, 0) is 4.84 Å². The van der Waals surface area contributed by atoms with Gasteiger partial charge in [-0.15, -0.1) is 0 Å². The summed E-state index contributed by atoms with van der Waals surface area (Å²) in [5, 5.41) is 14.6. The van der Waals surface area contributed by atoms with Gasteiger partial charge in [-0.2, -0.15) is 0 Å². The molecule has 0 heterocycles. The Morgan fingerprint density at radius 2 is 1.89 bits per heavy atom. The summed E-state index contributed by atoms with van der Waals surface area (Å²) in [6.45, 7) is 3.33. The highest BCUT2D eigenvalue weighted by Gasteiger charge is 1.94. The van der Waals surface area contributed by atoms with Gasteiger partial charge in [0, 0.05) is 0 Å². The SMILES string of the molecule is CO/N=C(C)/C(C)=N/O. The zero-order valence-electron chi connectivity index (χ0n) is 5.75. The topological polar surface area (TPSA) is 54.2 Å². The first kappa shape index (κ1) is 7.94. The lowest BCUT2D eigenvalue weighted by atomic mass is 10.3. The van der Waals surface area contributed by atoms with E-state index in [0.29, 0.717) is 11.4 Å². The summed E-state index contributed by atoms with van der Waals surface area (Å²) in [7, 11) is 1.44. The maximum absolute atomic E-state index is 8.18. The monoisotopic (exact) mass is 130 g/mol. The number of rotatable bonds is 2. The molecule has 0 aliphatic heterocycles. The van der Waals surface area contributed by atoms with E-state index in [-0.39, 0.29) is 0 Å². The van der Waals surface area contributed by atoms with E-state index in [4.69, 9.17) is 5.21 Å². The first-order valence-electron chi connectivity index (χ1n) is 2.49. The van der Waals surface area contributed by atoms with Gasteiger partial charge in [-0.1, -0.05) is 10.3 Å². The van der Waals surface area contributed by atoms with Crippen LogP contribution in [0.3, 0.4) is 0 Å². The fraction of sp³-hybridized carbons (Fsp3) is 0.600. The lowest BCUT2D eigenvalue weighted by molar-refractivity contribution is 0.214. The highest BCUT2D eigenvalue weighted by atomic mass is 16.6. The molecule has 0 aliphatic carbocycles. The van der Waals surface area contributed by atoms with Crippen LogP contribution in [-0.4, -0.2) is 23.7 Å². The zero-order valence-corrected chi connectivity index (χ0v) is 5.75. The van der Waals surface area contributed by atoms with Crippen LogP contribution in [0, 0.1) is 0 Å². The Balaban J connectivity index is 4.03. The Morgan fingerprint density at radius 1 is 1.33 bits per heavy atom. The van der Waals surface area contributed by atoms with Crippen LogP contribution in [0.1, 0.15) is 13.8 Å². The van der Waals surface area contributed by atoms with Crippen molar-refractivity contribution in [1.29, 1.82) is 0 Å². The molecule has 0 bridgehead atoms. The second-order valence-corrected chi connectivity index (χ2v) is 1.54. The quantitative estimate of drug-likeness (QED) is 0.342. The van der Waals surface area contributed by atoms with E-state index in [2.05, 4.69) is 15.1 Å². The van der Waals surface area contributed by atoms with E-state index in [9.17, 15) is 0 Å². The molecule has 0 rings (SSSR count). The van der Waals surface area contributed by atoms with E-state index < -0.39 is 0 Å². The molecule has 4 heteroatoms. The first-order valence-corrected chi connectivity index (χ1v) is 2.49. The summed E-state index contributed by atoms with van der Waals surface area (Å²) < 4.78 is 0. The molecule has 0 atom stereocenters. The van der Waals surface area contributed by atoms with Crippen molar-refractivity contribution >= 4 is 11.4 Å². The predicted molar refractivity (Wildman–Crippen MR) is 35.0 cm³/mol. The maximum Gasteiger partial charge on any atom is 0.106 e. The predicted octanol–water partition coefficient (Wildman–Crippen LogP) is 0.859. The molecule has 0 unspecified atom stereocenters. The molecule has 0 saturated heterocycles. The average Bonchev–Trinajstić information content (AvgIpc) is 1.87. The van der Waals surface area contributed by atoms with Crippen LogP contribution < -0.4 is 0 Å². The maximum atomic E-state index is 8.18. The molecule has 9 heavy (non-hydrogen) atoms. The Morgan fingerprint density at radius 3 is 2.22 bits per heavy atom. The molecule has 0 spiro atoms. The van der Waals surface area contributed by atoms with Gasteiger partial charge in [0.05, 0.1) is 0 Å². The van der Waals surface area contributed by atoms with Gasteiger partial charge < -0.3 is 10.0 Å². The van der Waals surface area contributed by atoms with E-state index in [1.165, 1.54) is 7.11 Å². The third-order valence-corrected chi connectivity index (χ3v) is 0.902. The highest BCUT2D eigenvalue weighted by molar-refractivity contribution is 6.40. The van der Waals surface area contributed by atoms with Crippen molar-refractivity contribution in [2.45, 2.75) is 13.8 Å². The van der Waals surface area contributed by atoms with Gasteiger partial charge in [-0.05, 0) is 13.8 Å². The van der Waals surface area contributed by atoms with Crippen molar-refractivity contribution in [1.82, 2.24) is 0 Å². The lowest BCUT2D eigenvalue weighted by Crippen LogP contribution is -2.05. The molecular weight excluding hydrogens is 120 g/mol. The third-order valence-electron chi connectivity index (χ3n) is 0.902. The lowest BCUT2D eigenvalue weighted by Gasteiger charge is -1.92. The molecule has 0 aliphatic rings. The molecule has 0 fully saturated rings. The summed E-state index contributed by atoms with van der Waals surface area (Å²) >= 11 is 0. The normalized spacial score (nSPS) is 13.7. The molecule has 52 valence electrons. The van der Waals surface area contributed by atoms with Crippen LogP contribution in [0.5, 0.6) is 0 Å². The Hall–Kier alpha value is -1.06. The highest BCUT2D eigenvalue weighted by Crippen LogP contribution is 1.82. The van der Waals surface area contributed by atoms with E-state index in [1.54, 1.807) is 13.8 Å². The number of hydrogen-bond donors (Lipinski definition) is 1. The van der Waals surface area contributed by atoms with Crippen LogP contribution >= 0.6 is 0 Å². The van der Waals surface area contributed by atoms with Crippen molar-refractivity contribution in [3.63, 3.8) is 0 Å². The summed E-state index contributed by atoms with van der Waals surface area (Å²) in [5.41, 5.74) is 1.02. The number of nitrogens with zero attached hydrogens (tertiary/aromatic N) is 2. The average molecular weight is 130 g/mol. The fourth-order valence-electron chi connectivity index (χ4n) is 0.275. The Kier molecular flexibility index (Phi) is 3.43. The standard InChI is InChI=1S/C5H10N2O2/c1-4(6-8)5(2)7-9-3/h8H,1-3H3/b6-4+,7-5+. The summed E-state index contributed by atoms with van der Waals surface area (Å²) in [4.78, 5) is 4.42. The van der Waals surface area contributed by atoms with Gasteiger partial charge in [0.2, 0.25) is 0 Å². The molecule has 0 aromatic carbocycles. The minimum Gasteiger partial charge on any atom is -0.411 e. The first-order chi connectivity index (χ1) is 4.22. The Bertz CT molecular complexity index is 140. The fourth-order valence-corrected chi connectivity index (χ4v) is 0.275. The number of hydrogen-bond acceptors (Lipinski definition) is 4. The van der Waals surface area contributed by atoms with E-state index in [0.717, 1.165) is 0 Å². The second-order valence-electron chi connectivity index (χ2n) is 1.54. The molecule has 0 saturated carbocycles. The van der Waals surface area contributed by atoms with Gasteiger partial charge in [0.25, 0.3) is 0 Å². The summed E-state index contributed by atoms with van der Waals surface area (Å²) in [6, 6.07) is 0. The van der Waals surface area contributed by atoms with Crippen molar-refractivity contribution in [2.75, 3.05) is 7.11 Å². The molecule has 1 N–H and O–H groups in total. The smallest absolute Gasteiger partial charge is 0.106 e. The molecule has 0 aromatic rings. The van der Waals surface area contributed by atoms with Gasteiger partial charge in [-0.25, -0.2) is 0 Å². The second kappa shape index (κ2) is 3.88. The summed E-state index contributed by atoms with van der Waals surface area (Å²) in [6.07, 6.45) is 0. The van der Waals surface area contributed by atoms with Gasteiger partial charge in [-0.3, -0.25) is 0 Å². The van der Waals surface area contributed by atoms with Crippen molar-refractivity contribution in [2.24, 2.45) is 10.3 Å². The summed E-state index contributed by atoms with van der Waals surface area (Å²) in [5.74, 6) is 0. The van der Waals surface area contributed by atoms with Crippen molar-refractivity contribution < 1.29 is 10.0 Å². The molecule has 4 nitrogen and oxygen atoms in total. The number of oxime groups is 2.